The molecule has 7 rings (SSSR count). The summed E-state index contributed by atoms with van der Waals surface area (Å²) in [4.78, 5) is 47.3. The zero-order valence-corrected chi connectivity index (χ0v) is 37.2. The maximum Gasteiger partial charge on any atom is 0.410 e. The van der Waals surface area contributed by atoms with Crippen molar-refractivity contribution in [3.8, 4) is 11.5 Å². The van der Waals surface area contributed by atoms with Crippen LogP contribution in [0.25, 0.3) is 11.5 Å². The number of nitrogens with zero attached hydrogens (tertiary/aromatic N) is 6. The fourth-order valence-corrected chi connectivity index (χ4v) is 10.4. The molecule has 0 aliphatic carbocycles. The van der Waals surface area contributed by atoms with Crippen LogP contribution in [0.15, 0.2) is 45.3 Å². The summed E-state index contributed by atoms with van der Waals surface area (Å²) < 4.78 is 45.1. The van der Waals surface area contributed by atoms with Crippen LogP contribution in [0.5, 0.6) is 0 Å². The number of ether oxygens (including phenoxy) is 6. The van der Waals surface area contributed by atoms with Crippen LogP contribution in [-0.2, 0) is 44.7 Å². The van der Waals surface area contributed by atoms with Gasteiger partial charge in [0, 0.05) is 48.0 Å². The second kappa shape index (κ2) is 18.4. The number of aliphatic hydroxyl groups is 1. The first-order valence-electron chi connectivity index (χ1n) is 21.7. The molecule has 17 heteroatoms. The molecule has 4 fully saturated rings. The number of aliphatic hydroxyl groups excluding tert-OH is 1. The van der Waals surface area contributed by atoms with Gasteiger partial charge in [-0.05, 0) is 73.0 Å². The summed E-state index contributed by atoms with van der Waals surface area (Å²) in [5, 5.41) is 20.1. The molecule has 5 aliphatic rings. The van der Waals surface area contributed by atoms with Crippen molar-refractivity contribution in [2.24, 2.45) is 33.8 Å². The summed E-state index contributed by atoms with van der Waals surface area (Å²) in [5.41, 5.74) is 0.529. The molecule has 0 radical (unpaired) electrons. The maximum absolute atomic E-state index is 14.5. The fraction of sp³-hybridized carbons (Fsp3) is 0.727. The molecule has 17 nitrogen and oxygen atoms in total. The average Bonchev–Trinajstić information content (AvgIpc) is 3.81. The monoisotopic (exact) mass is 852 g/mol. The summed E-state index contributed by atoms with van der Waals surface area (Å²) in [5.74, 6) is -1.76. The zero-order chi connectivity index (χ0) is 43.8. The van der Waals surface area contributed by atoms with Gasteiger partial charge >= 0.3 is 12.1 Å². The second-order valence-electron chi connectivity index (χ2n) is 18.2. The SMILES string of the molecule is CC[C@@H]1OC(=O)[C@H](C)[C@H]2OCC(=NOCc3ccc(-c4ccno4)nc3)CO[C@](C)(C[C@@H](C)C3=NCCN4C(=O)O[C@@]1(C)[C@H]4[C@H]3C)[C@@H](O[C@H]1O[C@@H](C)C[C@@H](N(C)C)[C@@H]1O)[C@@H]2C. The number of hydrogen-bond acceptors (Lipinski definition) is 16. The van der Waals surface area contributed by atoms with Gasteiger partial charge in [0.25, 0.3) is 0 Å². The molecule has 1 N–H and O–H groups in total. The van der Waals surface area contributed by atoms with Crippen LogP contribution in [0, 0.1) is 23.7 Å². The van der Waals surface area contributed by atoms with E-state index in [1.165, 1.54) is 0 Å². The molecule has 2 aromatic heterocycles. The molecule has 7 heterocycles. The van der Waals surface area contributed by atoms with E-state index in [1.807, 2.05) is 65.7 Å². The molecular formula is C44H64N6O11. The van der Waals surface area contributed by atoms with Crippen molar-refractivity contribution in [1.29, 1.82) is 0 Å². The molecule has 336 valence electrons. The van der Waals surface area contributed by atoms with Gasteiger partial charge in [-0.3, -0.25) is 19.7 Å². The Labute approximate surface area is 358 Å². The van der Waals surface area contributed by atoms with Gasteiger partial charge in [-0.25, -0.2) is 4.79 Å². The molecule has 61 heavy (non-hydrogen) atoms. The van der Waals surface area contributed by atoms with Gasteiger partial charge in [-0.1, -0.05) is 44.1 Å². The number of cyclic esters (lactones) is 1. The lowest BCUT2D eigenvalue weighted by Gasteiger charge is -2.48. The van der Waals surface area contributed by atoms with E-state index < -0.39 is 71.8 Å². The number of likely N-dealkylation sites (N-methyl/N-ethyl adjacent to an activating group) is 1. The van der Waals surface area contributed by atoms with Crippen LogP contribution in [0.1, 0.15) is 80.2 Å². The Hall–Kier alpha value is -4.00. The quantitative estimate of drug-likeness (QED) is 0.279. The molecule has 14 atom stereocenters. The van der Waals surface area contributed by atoms with Crippen LogP contribution in [0.2, 0.25) is 0 Å². The van der Waals surface area contributed by atoms with Gasteiger partial charge in [0.05, 0.1) is 61.8 Å². The summed E-state index contributed by atoms with van der Waals surface area (Å²) >= 11 is 0. The Kier molecular flexibility index (Phi) is 13.6. The predicted octanol–water partition coefficient (Wildman–Crippen LogP) is 4.90. The number of carbonyl (C=O) groups is 2. The van der Waals surface area contributed by atoms with E-state index in [1.54, 1.807) is 30.3 Å². The lowest BCUT2D eigenvalue weighted by Crippen LogP contribution is -2.60. The van der Waals surface area contributed by atoms with Gasteiger partial charge in [0.1, 0.15) is 30.2 Å². The molecule has 4 saturated heterocycles. The van der Waals surface area contributed by atoms with Gasteiger partial charge in [-0.15, -0.1) is 0 Å². The number of fused-ring (bicyclic) bond motifs is 4. The third kappa shape index (κ3) is 9.09. The standard InChI is InChI=1S/C44H64N6O11/c1-11-34-44(8)38-26(4)35(45-16-17-50(38)42(53)60-44)24(2)19-43(7)39(59-41-36(51)32(49(9)10)18-25(3)57-41)27(5)37(28(6)40(52)58-34)54-22-30(23-55-43)48-56-21-29-12-13-31(46-20-29)33-14-15-47-61-33/h12-15,20,24-28,32,34,36-39,41,51H,11,16-19,21-23H2,1-10H3/t24-,25+,26+,27-,28-,32-,34+,36+,37+,38-,39+,41-,43-,44-/m1/s1. The lowest BCUT2D eigenvalue weighted by atomic mass is 9.72. The number of esters is 1. The first-order chi connectivity index (χ1) is 29.0. The minimum atomic E-state index is -1.14. The smallest absolute Gasteiger partial charge is 0.410 e. The molecule has 0 unspecified atom stereocenters. The zero-order valence-electron chi connectivity index (χ0n) is 37.2. The summed E-state index contributed by atoms with van der Waals surface area (Å²) in [6, 6.07) is 4.76. The van der Waals surface area contributed by atoms with Crippen molar-refractivity contribution < 1.29 is 52.5 Å². The van der Waals surface area contributed by atoms with Crippen molar-refractivity contribution in [2.75, 3.05) is 40.4 Å². The van der Waals surface area contributed by atoms with Crippen LogP contribution < -0.4 is 0 Å². The molecule has 0 saturated carbocycles. The topological polar surface area (TPSA) is 189 Å². The molecular weight excluding hydrogens is 789 g/mol. The van der Waals surface area contributed by atoms with Crippen LogP contribution in [0.3, 0.4) is 0 Å². The molecule has 4 bridgehead atoms. The average molecular weight is 853 g/mol. The van der Waals surface area contributed by atoms with Crippen molar-refractivity contribution in [2.45, 2.75) is 141 Å². The van der Waals surface area contributed by atoms with Gasteiger partial charge in [0.2, 0.25) is 0 Å². The van der Waals surface area contributed by atoms with E-state index in [0.717, 1.165) is 11.3 Å². The minimum absolute atomic E-state index is 0.00554. The number of pyridine rings is 1. The highest BCUT2D eigenvalue weighted by Gasteiger charge is 2.60. The van der Waals surface area contributed by atoms with Gasteiger partial charge < -0.3 is 47.8 Å². The first kappa shape index (κ1) is 45.0. The third-order valence-corrected chi connectivity index (χ3v) is 13.5. The molecule has 5 aliphatic heterocycles. The van der Waals surface area contributed by atoms with E-state index in [2.05, 4.69) is 29.1 Å². The van der Waals surface area contributed by atoms with Gasteiger partial charge in [-0.2, -0.15) is 0 Å². The number of amides is 1. The minimum Gasteiger partial charge on any atom is -0.458 e. The molecule has 0 spiro atoms. The third-order valence-electron chi connectivity index (χ3n) is 13.5. The Balaban J connectivity index is 1.27. The van der Waals surface area contributed by atoms with Crippen LogP contribution in [-0.4, -0.2) is 149 Å². The van der Waals surface area contributed by atoms with E-state index >= 15 is 0 Å². The first-order valence-corrected chi connectivity index (χ1v) is 21.7. The maximum atomic E-state index is 14.5. The highest BCUT2D eigenvalue weighted by molar-refractivity contribution is 5.91. The Morgan fingerprint density at radius 2 is 1.85 bits per heavy atom. The number of rotatable bonds is 8. The number of carbonyl (C=O) groups excluding carboxylic acids is 2. The Bertz CT molecular complexity index is 1900. The van der Waals surface area contributed by atoms with Crippen molar-refractivity contribution in [1.82, 2.24) is 19.9 Å². The van der Waals surface area contributed by atoms with Crippen molar-refractivity contribution in [3.63, 3.8) is 0 Å². The highest BCUT2D eigenvalue weighted by atomic mass is 16.7. The fourth-order valence-electron chi connectivity index (χ4n) is 10.4. The number of aliphatic imine (C=N–C) groups is 1. The van der Waals surface area contributed by atoms with Gasteiger partial charge in [0.15, 0.2) is 17.7 Å². The summed E-state index contributed by atoms with van der Waals surface area (Å²) in [6.07, 6.45) is -0.292. The van der Waals surface area contributed by atoms with Crippen molar-refractivity contribution in [3.05, 3.63) is 36.2 Å². The van der Waals surface area contributed by atoms with E-state index in [-0.39, 0.29) is 43.8 Å². The number of hydrogen-bond donors (Lipinski definition) is 1. The molecule has 1 amide bonds. The predicted molar refractivity (Wildman–Crippen MR) is 222 cm³/mol. The molecule has 2 aromatic rings. The molecule has 0 aromatic carbocycles. The van der Waals surface area contributed by atoms with Crippen LogP contribution in [0.4, 0.5) is 4.79 Å². The Morgan fingerprint density at radius 3 is 2.54 bits per heavy atom. The summed E-state index contributed by atoms with van der Waals surface area (Å²) in [7, 11) is 3.87. The second-order valence-corrected chi connectivity index (χ2v) is 18.2. The van der Waals surface area contributed by atoms with E-state index in [4.69, 9.17) is 42.8 Å². The Morgan fingerprint density at radius 1 is 1.07 bits per heavy atom. The highest BCUT2D eigenvalue weighted by Crippen LogP contribution is 2.45. The lowest BCUT2D eigenvalue weighted by molar-refractivity contribution is -0.302. The number of oxime groups is 1. The van der Waals surface area contributed by atoms with E-state index in [0.29, 0.717) is 49.5 Å². The van der Waals surface area contributed by atoms with Crippen LogP contribution >= 0.6 is 0 Å². The summed E-state index contributed by atoms with van der Waals surface area (Å²) in [6.45, 7) is 16.6. The number of aromatic nitrogens is 2. The van der Waals surface area contributed by atoms with E-state index in [9.17, 15) is 14.7 Å². The normalized spacial score (nSPS) is 39.4. The van der Waals surface area contributed by atoms with Crippen molar-refractivity contribution >= 4 is 23.5 Å². The largest absolute Gasteiger partial charge is 0.458 e.